The molecule has 0 aliphatic rings. The first-order valence-corrected chi connectivity index (χ1v) is 7.14. The molecule has 0 bridgehead atoms. The summed E-state index contributed by atoms with van der Waals surface area (Å²) in [6.07, 6.45) is 2.99. The first-order valence-electron chi connectivity index (χ1n) is 3.96. The lowest BCUT2D eigenvalue weighted by Gasteiger charge is -2.00. The van der Waals surface area contributed by atoms with Gasteiger partial charge in [0.2, 0.25) is 0 Å². The van der Waals surface area contributed by atoms with Crippen molar-refractivity contribution in [1.82, 2.24) is 0 Å². The molecule has 1 aromatic heterocycles. The smallest absolute Gasteiger partial charge is 0.151 e. The second-order valence-electron chi connectivity index (χ2n) is 2.79. The van der Waals surface area contributed by atoms with E-state index in [4.69, 9.17) is 0 Å². The highest BCUT2D eigenvalue weighted by atomic mass is 127. The van der Waals surface area contributed by atoms with Crippen LogP contribution in [-0.2, 0) is 0 Å². The van der Waals surface area contributed by atoms with Gasteiger partial charge >= 0.3 is 0 Å². The van der Waals surface area contributed by atoms with Gasteiger partial charge in [0.15, 0.2) is 6.29 Å². The molecule has 0 unspecified atom stereocenters. The molecule has 0 atom stereocenters. The second-order valence-corrected chi connectivity index (χ2v) is 5.71. The molecule has 0 saturated heterocycles. The summed E-state index contributed by atoms with van der Waals surface area (Å²) in [4.78, 5) is 12.0. The van der Waals surface area contributed by atoms with E-state index >= 15 is 0 Å². The summed E-state index contributed by atoms with van der Waals surface area (Å²) in [5.74, 6) is 0. The molecule has 72 valence electrons. The van der Waals surface area contributed by atoms with Crippen LogP contribution in [-0.4, -0.2) is 12.5 Å². The van der Waals surface area contributed by atoms with E-state index in [0.29, 0.717) is 0 Å². The molecular weight excluding hydrogens is 327 g/mol. The van der Waals surface area contributed by atoms with Gasteiger partial charge in [-0.15, -0.1) is 23.1 Å². The number of rotatable bonds is 2. The Morgan fingerprint density at radius 1 is 1.50 bits per heavy atom. The number of carbonyl (C=O) groups is 1. The average molecular weight is 334 g/mol. The molecule has 0 fully saturated rings. The van der Waals surface area contributed by atoms with Crippen LogP contribution in [0.3, 0.4) is 0 Å². The quantitative estimate of drug-likeness (QED) is 0.468. The van der Waals surface area contributed by atoms with Crippen LogP contribution in [0.4, 0.5) is 0 Å². The lowest BCUT2D eigenvalue weighted by atomic mass is 10.2. The zero-order valence-electron chi connectivity index (χ0n) is 7.41. The van der Waals surface area contributed by atoms with Gasteiger partial charge in [-0.3, -0.25) is 4.79 Å². The summed E-state index contributed by atoms with van der Waals surface area (Å²) >= 11 is 5.67. The molecular formula is C10H7IOS2. The summed E-state index contributed by atoms with van der Waals surface area (Å²) in [6.45, 7) is 0. The first kappa shape index (κ1) is 10.4. The number of thioether (sulfide) groups is 1. The van der Waals surface area contributed by atoms with E-state index in [9.17, 15) is 4.79 Å². The van der Waals surface area contributed by atoms with E-state index in [2.05, 4.69) is 41.0 Å². The number of fused-ring (bicyclic) bond motifs is 1. The molecule has 0 aliphatic heterocycles. The molecule has 0 aliphatic carbocycles. The predicted molar refractivity (Wildman–Crippen MR) is 71.7 cm³/mol. The van der Waals surface area contributed by atoms with Crippen LogP contribution in [0, 0.1) is 3.57 Å². The van der Waals surface area contributed by atoms with Gasteiger partial charge in [0.05, 0.1) is 0 Å². The maximum absolute atomic E-state index is 10.7. The van der Waals surface area contributed by atoms with E-state index < -0.39 is 0 Å². The van der Waals surface area contributed by atoms with Crippen molar-refractivity contribution in [1.29, 1.82) is 0 Å². The lowest BCUT2D eigenvalue weighted by molar-refractivity contribution is 0.112. The molecule has 1 aromatic carbocycles. The standard InChI is InChI=1S/C10H7IOS2/c1-13-10-3-9-7(2-8(10)11)6(4-12)5-14-9/h2-5H,1H3. The Morgan fingerprint density at radius 3 is 2.93 bits per heavy atom. The molecule has 14 heavy (non-hydrogen) atoms. The zero-order chi connectivity index (χ0) is 10.1. The van der Waals surface area contributed by atoms with E-state index in [1.807, 2.05) is 5.38 Å². The molecule has 2 aromatic rings. The molecule has 4 heteroatoms. The van der Waals surface area contributed by atoms with Gasteiger partial charge in [0, 0.05) is 29.5 Å². The van der Waals surface area contributed by atoms with Crippen molar-refractivity contribution in [2.75, 3.05) is 6.26 Å². The Kier molecular flexibility index (Phi) is 3.14. The molecule has 0 radical (unpaired) electrons. The Balaban J connectivity index is 2.75. The van der Waals surface area contributed by atoms with E-state index in [0.717, 1.165) is 17.2 Å². The molecule has 1 heterocycles. The Labute approximate surface area is 104 Å². The van der Waals surface area contributed by atoms with Crippen molar-refractivity contribution in [3.63, 3.8) is 0 Å². The second kappa shape index (κ2) is 4.20. The maximum atomic E-state index is 10.7. The zero-order valence-corrected chi connectivity index (χ0v) is 11.2. The van der Waals surface area contributed by atoms with Gasteiger partial charge in [-0.2, -0.15) is 0 Å². The molecule has 0 N–H and O–H groups in total. The Bertz CT molecular complexity index is 490. The van der Waals surface area contributed by atoms with Crippen molar-refractivity contribution in [2.24, 2.45) is 0 Å². The highest BCUT2D eigenvalue weighted by Gasteiger charge is 2.06. The van der Waals surface area contributed by atoms with Crippen molar-refractivity contribution in [2.45, 2.75) is 4.90 Å². The third-order valence-electron chi connectivity index (χ3n) is 2.00. The summed E-state index contributed by atoms with van der Waals surface area (Å²) in [5.41, 5.74) is 0.801. The van der Waals surface area contributed by atoms with Crippen molar-refractivity contribution < 1.29 is 4.79 Å². The maximum Gasteiger partial charge on any atom is 0.151 e. The fourth-order valence-electron chi connectivity index (χ4n) is 1.30. The number of hydrogen-bond acceptors (Lipinski definition) is 3. The van der Waals surface area contributed by atoms with Crippen LogP contribution in [0.2, 0.25) is 0 Å². The fraction of sp³-hybridized carbons (Fsp3) is 0.100. The average Bonchev–Trinajstić information content (AvgIpc) is 2.58. The highest BCUT2D eigenvalue weighted by molar-refractivity contribution is 14.1. The normalized spacial score (nSPS) is 10.7. The van der Waals surface area contributed by atoms with Gasteiger partial charge in [-0.25, -0.2) is 0 Å². The number of benzene rings is 1. The highest BCUT2D eigenvalue weighted by Crippen LogP contribution is 2.32. The first-order chi connectivity index (χ1) is 6.76. The summed E-state index contributed by atoms with van der Waals surface area (Å²) < 4.78 is 2.40. The monoisotopic (exact) mass is 334 g/mol. The molecule has 0 saturated carbocycles. The van der Waals surface area contributed by atoms with Crippen molar-refractivity contribution in [3.8, 4) is 0 Å². The van der Waals surface area contributed by atoms with Gasteiger partial charge < -0.3 is 0 Å². The van der Waals surface area contributed by atoms with Gasteiger partial charge in [-0.1, -0.05) is 0 Å². The van der Waals surface area contributed by atoms with Gasteiger partial charge in [0.25, 0.3) is 0 Å². The number of thiophene rings is 1. The minimum Gasteiger partial charge on any atom is -0.298 e. The minimum absolute atomic E-state index is 0.801. The van der Waals surface area contributed by atoms with Crippen LogP contribution in [0.25, 0.3) is 10.1 Å². The molecule has 0 amide bonds. The van der Waals surface area contributed by atoms with E-state index in [1.54, 1.807) is 23.1 Å². The minimum atomic E-state index is 0.801. The van der Waals surface area contributed by atoms with E-state index in [1.165, 1.54) is 13.2 Å². The van der Waals surface area contributed by atoms with Gasteiger partial charge in [-0.05, 0) is 41.0 Å². The molecule has 1 nitrogen and oxygen atoms in total. The summed E-state index contributed by atoms with van der Waals surface area (Å²) in [6, 6.07) is 4.24. The van der Waals surface area contributed by atoms with Crippen molar-refractivity contribution >= 4 is 62.1 Å². The fourth-order valence-corrected chi connectivity index (χ4v) is 3.91. The third kappa shape index (κ3) is 1.70. The van der Waals surface area contributed by atoms with Crippen LogP contribution in [0.15, 0.2) is 22.4 Å². The van der Waals surface area contributed by atoms with E-state index in [-0.39, 0.29) is 0 Å². The number of hydrogen-bond donors (Lipinski definition) is 0. The summed E-state index contributed by atoms with van der Waals surface area (Å²) in [7, 11) is 0. The SMILES string of the molecule is CSc1cc2scc(C=O)c2cc1I. The molecule has 2 rings (SSSR count). The Morgan fingerprint density at radius 2 is 2.29 bits per heavy atom. The third-order valence-corrected chi connectivity index (χ3v) is 5.00. The lowest BCUT2D eigenvalue weighted by Crippen LogP contribution is -1.80. The van der Waals surface area contributed by atoms with Crippen LogP contribution in [0.5, 0.6) is 0 Å². The van der Waals surface area contributed by atoms with Crippen LogP contribution < -0.4 is 0 Å². The topological polar surface area (TPSA) is 17.1 Å². The Hall–Kier alpha value is -0.0700. The number of halogens is 1. The van der Waals surface area contributed by atoms with Crippen molar-refractivity contribution in [3.05, 3.63) is 26.6 Å². The van der Waals surface area contributed by atoms with Gasteiger partial charge in [0.1, 0.15) is 0 Å². The summed E-state index contributed by atoms with van der Waals surface area (Å²) in [5, 5.41) is 2.99. The van der Waals surface area contributed by atoms with Crippen LogP contribution in [0.1, 0.15) is 10.4 Å². The predicted octanol–water partition coefficient (Wildman–Crippen LogP) is 4.04. The number of carbonyl (C=O) groups excluding carboxylic acids is 1. The molecule has 0 spiro atoms. The largest absolute Gasteiger partial charge is 0.298 e. The number of aldehydes is 1. The van der Waals surface area contributed by atoms with Crippen LogP contribution >= 0.6 is 45.7 Å².